The van der Waals surface area contributed by atoms with Crippen molar-refractivity contribution in [3.8, 4) is 5.88 Å². The number of rotatable bonds is 2. The van der Waals surface area contributed by atoms with Gasteiger partial charge in [0.05, 0.1) is 6.54 Å². The lowest BCUT2D eigenvalue weighted by Gasteiger charge is -2.09. The molecule has 0 radical (unpaired) electrons. The second-order valence-electron chi connectivity index (χ2n) is 4.39. The first-order chi connectivity index (χ1) is 7.83. The van der Waals surface area contributed by atoms with Gasteiger partial charge in [0.1, 0.15) is 6.61 Å². The van der Waals surface area contributed by atoms with Crippen molar-refractivity contribution < 1.29 is 9.53 Å². The summed E-state index contributed by atoms with van der Waals surface area (Å²) in [6.45, 7) is 1.40. The van der Waals surface area contributed by atoms with Crippen molar-refractivity contribution in [1.82, 2.24) is 15.1 Å². The minimum atomic E-state index is -0.0719. The maximum atomic E-state index is 11.9. The molecule has 1 fully saturated rings. The van der Waals surface area contributed by atoms with Gasteiger partial charge in [-0.05, 0) is 12.8 Å². The molecule has 1 saturated carbocycles. The number of hydrogen-bond acceptors (Lipinski definition) is 3. The number of carbonyl (C=O) groups is 1. The molecular weight excluding hydrogens is 206 g/mol. The number of amides is 1. The standard InChI is InChI=1S/C11H15N3O2/c15-11(12-8-3-1-2-4-8)9-7-10-14(13-9)5-6-16-10/h7-8H,1-6H2,(H,12,15). The van der Waals surface area contributed by atoms with Crippen LogP contribution in [0.5, 0.6) is 5.88 Å². The van der Waals surface area contributed by atoms with Gasteiger partial charge in [0, 0.05) is 12.1 Å². The largest absolute Gasteiger partial charge is 0.476 e. The highest BCUT2D eigenvalue weighted by Crippen LogP contribution is 2.20. The predicted molar refractivity (Wildman–Crippen MR) is 57.4 cm³/mol. The molecule has 0 spiro atoms. The van der Waals surface area contributed by atoms with Crippen LogP contribution in [0.4, 0.5) is 0 Å². The SMILES string of the molecule is O=C(NC1CCCC1)c1cc2n(n1)CCO2. The number of hydrogen-bond donors (Lipinski definition) is 1. The number of ether oxygens (including phenoxy) is 1. The monoisotopic (exact) mass is 221 g/mol. The summed E-state index contributed by atoms with van der Waals surface area (Å²) in [5.41, 5.74) is 0.474. The second kappa shape index (κ2) is 3.81. The summed E-state index contributed by atoms with van der Waals surface area (Å²) in [7, 11) is 0. The normalized spacial score (nSPS) is 19.5. The smallest absolute Gasteiger partial charge is 0.272 e. The quantitative estimate of drug-likeness (QED) is 0.808. The zero-order valence-electron chi connectivity index (χ0n) is 9.11. The average Bonchev–Trinajstić information content (AvgIpc) is 2.91. The molecule has 1 N–H and O–H groups in total. The Balaban J connectivity index is 1.69. The van der Waals surface area contributed by atoms with E-state index in [2.05, 4.69) is 10.4 Å². The Kier molecular flexibility index (Phi) is 2.31. The molecule has 2 aliphatic rings. The minimum absolute atomic E-state index is 0.0719. The van der Waals surface area contributed by atoms with Crippen LogP contribution in [0.3, 0.4) is 0 Å². The van der Waals surface area contributed by atoms with Crippen LogP contribution < -0.4 is 10.1 Å². The fourth-order valence-electron chi connectivity index (χ4n) is 2.35. The van der Waals surface area contributed by atoms with E-state index in [1.54, 1.807) is 10.7 Å². The van der Waals surface area contributed by atoms with Crippen molar-refractivity contribution in [3.63, 3.8) is 0 Å². The zero-order chi connectivity index (χ0) is 11.0. The van der Waals surface area contributed by atoms with Crippen LogP contribution in [-0.4, -0.2) is 28.3 Å². The van der Waals surface area contributed by atoms with E-state index < -0.39 is 0 Å². The third kappa shape index (κ3) is 1.66. The Morgan fingerprint density at radius 1 is 1.50 bits per heavy atom. The third-order valence-corrected chi connectivity index (χ3v) is 3.22. The van der Waals surface area contributed by atoms with E-state index in [1.807, 2.05) is 0 Å². The van der Waals surface area contributed by atoms with Gasteiger partial charge in [0.2, 0.25) is 5.88 Å². The van der Waals surface area contributed by atoms with Gasteiger partial charge in [-0.3, -0.25) is 4.79 Å². The molecule has 2 heterocycles. The van der Waals surface area contributed by atoms with Gasteiger partial charge >= 0.3 is 0 Å². The van der Waals surface area contributed by atoms with E-state index in [1.165, 1.54) is 12.8 Å². The molecule has 1 aliphatic heterocycles. The first-order valence-electron chi connectivity index (χ1n) is 5.84. The summed E-state index contributed by atoms with van der Waals surface area (Å²) in [4.78, 5) is 11.9. The Hall–Kier alpha value is -1.52. The van der Waals surface area contributed by atoms with Crippen molar-refractivity contribution in [2.75, 3.05) is 6.61 Å². The fourth-order valence-corrected chi connectivity index (χ4v) is 2.35. The van der Waals surface area contributed by atoms with E-state index in [4.69, 9.17) is 4.74 Å². The highest BCUT2D eigenvalue weighted by atomic mass is 16.5. The van der Waals surface area contributed by atoms with Crippen LogP contribution in [0, 0.1) is 0 Å². The molecule has 0 aromatic carbocycles. The predicted octanol–water partition coefficient (Wildman–Crippen LogP) is 0.948. The summed E-state index contributed by atoms with van der Waals surface area (Å²) < 4.78 is 7.06. The first kappa shape index (κ1) is 9.69. The number of aromatic nitrogens is 2. The topological polar surface area (TPSA) is 56.2 Å². The Labute approximate surface area is 93.8 Å². The van der Waals surface area contributed by atoms with Crippen molar-refractivity contribution in [1.29, 1.82) is 0 Å². The molecule has 1 aromatic rings. The molecule has 0 atom stereocenters. The Morgan fingerprint density at radius 2 is 2.31 bits per heavy atom. The molecule has 0 unspecified atom stereocenters. The number of nitrogens with zero attached hydrogens (tertiary/aromatic N) is 2. The molecule has 3 rings (SSSR count). The van der Waals surface area contributed by atoms with Gasteiger partial charge in [-0.2, -0.15) is 5.10 Å². The second-order valence-corrected chi connectivity index (χ2v) is 4.39. The molecule has 1 aliphatic carbocycles. The van der Waals surface area contributed by atoms with E-state index in [9.17, 15) is 4.79 Å². The van der Waals surface area contributed by atoms with Crippen LogP contribution >= 0.6 is 0 Å². The van der Waals surface area contributed by atoms with Gasteiger partial charge in [-0.15, -0.1) is 0 Å². The molecular formula is C11H15N3O2. The fraction of sp³-hybridized carbons (Fsp3) is 0.636. The summed E-state index contributed by atoms with van der Waals surface area (Å²) >= 11 is 0. The molecule has 1 amide bonds. The van der Waals surface area contributed by atoms with E-state index in [0.717, 1.165) is 19.4 Å². The number of nitrogens with one attached hydrogen (secondary N) is 1. The van der Waals surface area contributed by atoms with Crippen LogP contribution in [0.1, 0.15) is 36.2 Å². The van der Waals surface area contributed by atoms with Gasteiger partial charge < -0.3 is 10.1 Å². The van der Waals surface area contributed by atoms with Gasteiger partial charge in [0.15, 0.2) is 5.69 Å². The highest BCUT2D eigenvalue weighted by molar-refractivity contribution is 5.92. The Bertz CT molecular complexity index is 386. The Morgan fingerprint density at radius 3 is 3.06 bits per heavy atom. The summed E-state index contributed by atoms with van der Waals surface area (Å²) in [5, 5.41) is 7.23. The van der Waals surface area contributed by atoms with E-state index >= 15 is 0 Å². The molecule has 1 aromatic heterocycles. The summed E-state index contributed by atoms with van der Waals surface area (Å²) in [6.07, 6.45) is 4.62. The maximum Gasteiger partial charge on any atom is 0.272 e. The third-order valence-electron chi connectivity index (χ3n) is 3.22. The molecule has 0 saturated heterocycles. The van der Waals surface area contributed by atoms with Gasteiger partial charge in [-0.1, -0.05) is 12.8 Å². The molecule has 5 heteroatoms. The van der Waals surface area contributed by atoms with Crippen LogP contribution in [-0.2, 0) is 6.54 Å². The van der Waals surface area contributed by atoms with E-state index in [-0.39, 0.29) is 5.91 Å². The average molecular weight is 221 g/mol. The lowest BCUT2D eigenvalue weighted by Crippen LogP contribution is -2.32. The van der Waals surface area contributed by atoms with Crippen molar-refractivity contribution >= 4 is 5.91 Å². The highest BCUT2D eigenvalue weighted by Gasteiger charge is 2.22. The van der Waals surface area contributed by atoms with Crippen molar-refractivity contribution in [3.05, 3.63) is 11.8 Å². The summed E-state index contributed by atoms with van der Waals surface area (Å²) in [5.74, 6) is 0.633. The number of fused-ring (bicyclic) bond motifs is 1. The van der Waals surface area contributed by atoms with Crippen LogP contribution in [0.2, 0.25) is 0 Å². The van der Waals surface area contributed by atoms with Crippen molar-refractivity contribution in [2.45, 2.75) is 38.3 Å². The van der Waals surface area contributed by atoms with E-state index in [0.29, 0.717) is 24.2 Å². The van der Waals surface area contributed by atoms with Gasteiger partial charge in [0.25, 0.3) is 5.91 Å². The molecule has 16 heavy (non-hydrogen) atoms. The van der Waals surface area contributed by atoms with Crippen molar-refractivity contribution in [2.24, 2.45) is 0 Å². The van der Waals surface area contributed by atoms with Crippen LogP contribution in [0.15, 0.2) is 6.07 Å². The number of carbonyl (C=O) groups excluding carboxylic acids is 1. The lowest BCUT2D eigenvalue weighted by molar-refractivity contribution is 0.0931. The molecule has 0 bridgehead atoms. The zero-order valence-corrected chi connectivity index (χ0v) is 9.11. The minimum Gasteiger partial charge on any atom is -0.476 e. The lowest BCUT2D eigenvalue weighted by atomic mass is 10.2. The van der Waals surface area contributed by atoms with Crippen LogP contribution in [0.25, 0.3) is 0 Å². The summed E-state index contributed by atoms with van der Waals surface area (Å²) in [6, 6.07) is 2.06. The first-order valence-corrected chi connectivity index (χ1v) is 5.84. The molecule has 5 nitrogen and oxygen atoms in total. The molecule has 86 valence electrons. The maximum absolute atomic E-state index is 11.9. The van der Waals surface area contributed by atoms with Gasteiger partial charge in [-0.25, -0.2) is 4.68 Å².